The van der Waals surface area contributed by atoms with Crippen molar-refractivity contribution in [3.63, 3.8) is 0 Å². The summed E-state index contributed by atoms with van der Waals surface area (Å²) in [7, 11) is 0. The van der Waals surface area contributed by atoms with E-state index in [-0.39, 0.29) is 12.2 Å². The van der Waals surface area contributed by atoms with E-state index in [2.05, 4.69) is 23.6 Å². The molecule has 112 valence electrons. The van der Waals surface area contributed by atoms with Crippen LogP contribution >= 0.6 is 11.8 Å². The summed E-state index contributed by atoms with van der Waals surface area (Å²) in [5.74, 6) is 2.50. The third kappa shape index (κ3) is 4.35. The highest BCUT2D eigenvalue weighted by molar-refractivity contribution is 7.99. The van der Waals surface area contributed by atoms with Gasteiger partial charge in [0.15, 0.2) is 0 Å². The second-order valence-corrected chi connectivity index (χ2v) is 7.13. The first-order valence-corrected chi connectivity index (χ1v) is 9.02. The van der Waals surface area contributed by atoms with E-state index in [4.69, 9.17) is 4.74 Å². The van der Waals surface area contributed by atoms with Crippen LogP contribution in [-0.2, 0) is 4.74 Å². The Balaban J connectivity index is 1.93. The number of aliphatic hydroxyl groups is 1. The second kappa shape index (κ2) is 7.87. The highest BCUT2D eigenvalue weighted by Crippen LogP contribution is 2.38. The first-order chi connectivity index (χ1) is 9.29. The fourth-order valence-corrected chi connectivity index (χ4v) is 4.61. The Morgan fingerprint density at radius 2 is 2.11 bits per heavy atom. The summed E-state index contributed by atoms with van der Waals surface area (Å²) in [6.45, 7) is 5.39. The normalized spacial score (nSPS) is 27.0. The monoisotopic (exact) mass is 287 g/mol. The van der Waals surface area contributed by atoms with Crippen LogP contribution in [0.15, 0.2) is 0 Å². The number of hydrogen-bond donors (Lipinski definition) is 1. The predicted molar refractivity (Wildman–Crippen MR) is 81.8 cm³/mol. The molecule has 0 aromatic rings. The Kier molecular flexibility index (Phi) is 6.46. The molecule has 2 fully saturated rings. The molecule has 2 aliphatic rings. The molecule has 0 amide bonds. The predicted octanol–water partition coefficient (Wildman–Crippen LogP) is 2.53. The van der Waals surface area contributed by atoms with Gasteiger partial charge < -0.3 is 9.84 Å². The van der Waals surface area contributed by atoms with E-state index in [1.54, 1.807) is 0 Å². The van der Waals surface area contributed by atoms with Crippen LogP contribution in [0.1, 0.15) is 45.4 Å². The third-order valence-electron chi connectivity index (χ3n) is 4.57. The number of rotatable bonds is 6. The van der Waals surface area contributed by atoms with Gasteiger partial charge in [-0.2, -0.15) is 11.8 Å². The van der Waals surface area contributed by atoms with Crippen molar-refractivity contribution < 1.29 is 9.84 Å². The van der Waals surface area contributed by atoms with E-state index in [1.807, 2.05) is 0 Å². The van der Waals surface area contributed by atoms with Gasteiger partial charge in [-0.25, -0.2) is 0 Å². The maximum absolute atomic E-state index is 9.29. The lowest BCUT2D eigenvalue weighted by molar-refractivity contribution is -0.111. The summed E-state index contributed by atoms with van der Waals surface area (Å²) in [6.07, 6.45) is 7.22. The lowest BCUT2D eigenvalue weighted by Crippen LogP contribution is -2.51. The molecule has 0 radical (unpaired) electrons. The van der Waals surface area contributed by atoms with Gasteiger partial charge in [-0.05, 0) is 50.2 Å². The molecule has 19 heavy (non-hydrogen) atoms. The fraction of sp³-hybridized carbons (Fsp3) is 1.00. The smallest absolute Gasteiger partial charge is 0.0713 e. The molecular weight excluding hydrogens is 258 g/mol. The average molecular weight is 287 g/mol. The molecule has 3 nitrogen and oxygen atoms in total. The molecule has 2 heterocycles. The molecule has 2 saturated heterocycles. The third-order valence-corrected chi connectivity index (χ3v) is 5.56. The molecule has 1 N–H and O–H groups in total. The molecule has 1 unspecified atom stereocenters. The van der Waals surface area contributed by atoms with Crippen molar-refractivity contribution >= 4 is 11.8 Å². The number of thioether (sulfide) groups is 1. The lowest BCUT2D eigenvalue weighted by Gasteiger charge is -2.46. The van der Waals surface area contributed by atoms with Gasteiger partial charge in [0.05, 0.1) is 12.2 Å². The summed E-state index contributed by atoms with van der Waals surface area (Å²) in [5, 5.41) is 9.29. The van der Waals surface area contributed by atoms with Gasteiger partial charge in [0.1, 0.15) is 0 Å². The van der Waals surface area contributed by atoms with E-state index >= 15 is 0 Å². The Hall–Kier alpha value is 0.230. The quantitative estimate of drug-likeness (QED) is 0.814. The molecule has 0 bridgehead atoms. The zero-order valence-electron chi connectivity index (χ0n) is 12.3. The minimum absolute atomic E-state index is 0.161. The van der Waals surface area contributed by atoms with Crippen molar-refractivity contribution in [2.45, 2.75) is 57.1 Å². The first-order valence-electron chi connectivity index (χ1n) is 7.86. The van der Waals surface area contributed by atoms with E-state index in [1.165, 1.54) is 43.6 Å². The molecule has 1 atom stereocenters. The summed E-state index contributed by atoms with van der Waals surface area (Å²) in [5.41, 5.74) is 0.161. The second-order valence-electron chi connectivity index (χ2n) is 5.90. The molecule has 2 aliphatic heterocycles. The molecule has 0 aromatic heterocycles. The fourth-order valence-electron chi connectivity index (χ4n) is 3.37. The summed E-state index contributed by atoms with van der Waals surface area (Å²) in [6, 6.07) is 0.621. The van der Waals surface area contributed by atoms with Crippen LogP contribution in [0.25, 0.3) is 0 Å². The zero-order valence-corrected chi connectivity index (χ0v) is 13.1. The Morgan fingerprint density at radius 1 is 1.32 bits per heavy atom. The Labute approximate surface area is 122 Å². The van der Waals surface area contributed by atoms with Crippen molar-refractivity contribution in [2.75, 3.05) is 37.8 Å². The van der Waals surface area contributed by atoms with Crippen molar-refractivity contribution in [1.29, 1.82) is 0 Å². The summed E-state index contributed by atoms with van der Waals surface area (Å²) >= 11 is 2.06. The molecule has 1 spiro atoms. The molecule has 0 aliphatic carbocycles. The Morgan fingerprint density at radius 3 is 2.79 bits per heavy atom. The summed E-state index contributed by atoms with van der Waals surface area (Å²) < 4.78 is 6.17. The van der Waals surface area contributed by atoms with Crippen molar-refractivity contribution in [3.8, 4) is 0 Å². The molecule has 0 saturated carbocycles. The maximum Gasteiger partial charge on any atom is 0.0713 e. The number of ether oxygens (including phenoxy) is 1. The standard InChI is InChI=1S/C15H29NO2S/c1-2-3-7-16(8-9-17)14-4-10-18-15(13-14)5-11-19-12-6-15/h14,17H,2-13H2,1H3. The number of aliphatic hydroxyl groups excluding tert-OH is 1. The zero-order chi connectivity index (χ0) is 13.6. The van der Waals surface area contributed by atoms with Crippen LogP contribution < -0.4 is 0 Å². The lowest BCUT2D eigenvalue weighted by atomic mass is 9.84. The van der Waals surface area contributed by atoms with Gasteiger partial charge in [0.2, 0.25) is 0 Å². The van der Waals surface area contributed by atoms with Gasteiger partial charge in [-0.1, -0.05) is 13.3 Å². The highest BCUT2D eigenvalue weighted by atomic mass is 32.2. The van der Waals surface area contributed by atoms with Gasteiger partial charge in [-0.3, -0.25) is 4.90 Å². The minimum atomic E-state index is 0.161. The maximum atomic E-state index is 9.29. The van der Waals surface area contributed by atoms with Crippen LogP contribution in [0, 0.1) is 0 Å². The van der Waals surface area contributed by atoms with E-state index in [0.29, 0.717) is 6.04 Å². The van der Waals surface area contributed by atoms with E-state index < -0.39 is 0 Å². The van der Waals surface area contributed by atoms with Crippen LogP contribution in [-0.4, -0.2) is 59.5 Å². The van der Waals surface area contributed by atoms with E-state index in [9.17, 15) is 5.11 Å². The van der Waals surface area contributed by atoms with E-state index in [0.717, 1.165) is 26.1 Å². The van der Waals surface area contributed by atoms with Gasteiger partial charge in [-0.15, -0.1) is 0 Å². The Bertz CT molecular complexity index is 251. The van der Waals surface area contributed by atoms with Crippen LogP contribution in [0.3, 0.4) is 0 Å². The van der Waals surface area contributed by atoms with Crippen LogP contribution in [0.2, 0.25) is 0 Å². The molecule has 0 aromatic carbocycles. The van der Waals surface area contributed by atoms with Crippen molar-refractivity contribution in [1.82, 2.24) is 4.90 Å². The number of nitrogens with zero attached hydrogens (tertiary/aromatic N) is 1. The summed E-state index contributed by atoms with van der Waals surface area (Å²) in [4.78, 5) is 2.51. The van der Waals surface area contributed by atoms with Gasteiger partial charge >= 0.3 is 0 Å². The van der Waals surface area contributed by atoms with Crippen molar-refractivity contribution in [2.24, 2.45) is 0 Å². The topological polar surface area (TPSA) is 32.7 Å². The van der Waals surface area contributed by atoms with Gasteiger partial charge in [0.25, 0.3) is 0 Å². The molecule has 2 rings (SSSR count). The van der Waals surface area contributed by atoms with Gasteiger partial charge in [0, 0.05) is 19.2 Å². The minimum Gasteiger partial charge on any atom is -0.395 e. The van der Waals surface area contributed by atoms with Crippen molar-refractivity contribution in [3.05, 3.63) is 0 Å². The number of hydrogen-bond acceptors (Lipinski definition) is 4. The van der Waals surface area contributed by atoms with Crippen LogP contribution in [0.5, 0.6) is 0 Å². The number of unbranched alkanes of at least 4 members (excludes halogenated alkanes) is 1. The molecule has 4 heteroatoms. The average Bonchev–Trinajstić information content (AvgIpc) is 2.44. The SMILES string of the molecule is CCCCN(CCO)C1CCOC2(CCSCC2)C1. The molecular formula is C15H29NO2S. The largest absolute Gasteiger partial charge is 0.395 e. The first kappa shape index (κ1) is 15.6. The van der Waals surface area contributed by atoms with Crippen LogP contribution in [0.4, 0.5) is 0 Å². The highest BCUT2D eigenvalue weighted by Gasteiger charge is 2.40.